The van der Waals surface area contributed by atoms with Crippen LogP contribution in [0.25, 0.3) is 10.6 Å². The summed E-state index contributed by atoms with van der Waals surface area (Å²) in [6, 6.07) is 7.20. The molecule has 138 valence electrons. The first-order chi connectivity index (χ1) is 12.6. The van der Waals surface area contributed by atoms with Gasteiger partial charge in [-0.25, -0.2) is 0 Å². The number of amides is 2. The minimum Gasteiger partial charge on any atom is -0.330 e. The van der Waals surface area contributed by atoms with E-state index < -0.39 is 6.04 Å². The summed E-state index contributed by atoms with van der Waals surface area (Å²) in [5, 5.41) is 12.9. The Morgan fingerprint density at radius 2 is 2.19 bits per heavy atom. The number of rotatable bonds is 5. The molecule has 0 radical (unpaired) electrons. The molecule has 0 unspecified atom stereocenters. The largest absolute Gasteiger partial charge is 0.330 e. The van der Waals surface area contributed by atoms with Gasteiger partial charge >= 0.3 is 0 Å². The molecule has 1 aromatic carbocycles. The third-order valence-corrected chi connectivity index (χ3v) is 5.72. The molecule has 8 heteroatoms. The SMILES string of the molecule is CSCC(=O)N1CCCC[C@H]1C(=O)Nc1cccc(-c2nnc(C)s2)c1. The van der Waals surface area contributed by atoms with Crippen LogP contribution in [0.3, 0.4) is 0 Å². The topological polar surface area (TPSA) is 75.2 Å². The Morgan fingerprint density at radius 1 is 1.35 bits per heavy atom. The van der Waals surface area contributed by atoms with E-state index in [1.807, 2.05) is 37.4 Å². The molecule has 2 heterocycles. The highest BCUT2D eigenvalue weighted by molar-refractivity contribution is 7.99. The van der Waals surface area contributed by atoms with Gasteiger partial charge in [-0.15, -0.1) is 10.2 Å². The Hall–Kier alpha value is -1.93. The third kappa shape index (κ3) is 4.42. The van der Waals surface area contributed by atoms with Gasteiger partial charge in [-0.05, 0) is 44.6 Å². The van der Waals surface area contributed by atoms with E-state index in [0.717, 1.165) is 28.4 Å². The Kier molecular flexibility index (Phi) is 6.26. The lowest BCUT2D eigenvalue weighted by molar-refractivity contribution is -0.138. The zero-order chi connectivity index (χ0) is 18.5. The maximum atomic E-state index is 12.8. The van der Waals surface area contributed by atoms with E-state index in [4.69, 9.17) is 0 Å². The van der Waals surface area contributed by atoms with Crippen LogP contribution in [-0.4, -0.2) is 51.5 Å². The van der Waals surface area contributed by atoms with E-state index in [2.05, 4.69) is 15.5 Å². The third-order valence-electron chi connectivity index (χ3n) is 4.30. The van der Waals surface area contributed by atoms with Crippen molar-refractivity contribution < 1.29 is 9.59 Å². The number of hydrogen-bond donors (Lipinski definition) is 1. The Bertz CT molecular complexity index is 793. The second-order valence-electron chi connectivity index (χ2n) is 6.23. The van der Waals surface area contributed by atoms with Crippen molar-refractivity contribution in [2.45, 2.75) is 32.2 Å². The highest BCUT2D eigenvalue weighted by atomic mass is 32.2. The van der Waals surface area contributed by atoms with Crippen molar-refractivity contribution in [3.8, 4) is 10.6 Å². The molecule has 0 spiro atoms. The first-order valence-electron chi connectivity index (χ1n) is 8.58. The fourth-order valence-corrected chi connectivity index (χ4v) is 4.18. The molecule has 1 atom stereocenters. The van der Waals surface area contributed by atoms with Crippen molar-refractivity contribution in [3.05, 3.63) is 29.3 Å². The van der Waals surface area contributed by atoms with Crippen LogP contribution in [0.15, 0.2) is 24.3 Å². The van der Waals surface area contributed by atoms with Crippen molar-refractivity contribution in [1.29, 1.82) is 0 Å². The smallest absolute Gasteiger partial charge is 0.247 e. The van der Waals surface area contributed by atoms with E-state index in [1.54, 1.807) is 4.90 Å². The van der Waals surface area contributed by atoms with Crippen molar-refractivity contribution in [2.24, 2.45) is 0 Å². The number of carbonyl (C=O) groups is 2. The standard InChI is InChI=1S/C18H22N4O2S2/c1-12-20-21-18(26-12)13-6-5-7-14(10-13)19-17(24)15-8-3-4-9-22(15)16(23)11-25-2/h5-7,10,15H,3-4,8-9,11H2,1-2H3,(H,19,24)/t15-/m0/s1. The molecular formula is C18H22N4O2S2. The maximum absolute atomic E-state index is 12.8. The normalized spacial score (nSPS) is 17.2. The number of nitrogens with zero attached hydrogens (tertiary/aromatic N) is 3. The summed E-state index contributed by atoms with van der Waals surface area (Å²) < 4.78 is 0. The van der Waals surface area contributed by atoms with Crippen LogP contribution >= 0.6 is 23.1 Å². The number of aromatic nitrogens is 2. The van der Waals surface area contributed by atoms with Crippen molar-refractivity contribution >= 4 is 40.6 Å². The molecule has 0 aliphatic carbocycles. The summed E-state index contributed by atoms with van der Waals surface area (Å²) >= 11 is 3.00. The predicted molar refractivity (Wildman–Crippen MR) is 106 cm³/mol. The average Bonchev–Trinajstić information content (AvgIpc) is 3.08. The minimum absolute atomic E-state index is 0.0374. The van der Waals surface area contributed by atoms with Gasteiger partial charge in [0, 0.05) is 17.8 Å². The number of piperidine rings is 1. The number of likely N-dealkylation sites (tertiary alicyclic amines) is 1. The molecule has 26 heavy (non-hydrogen) atoms. The first-order valence-corrected chi connectivity index (χ1v) is 10.8. The molecule has 0 bridgehead atoms. The molecule has 1 N–H and O–H groups in total. The Morgan fingerprint density at radius 3 is 2.92 bits per heavy atom. The monoisotopic (exact) mass is 390 g/mol. The fraction of sp³-hybridized carbons (Fsp3) is 0.444. The summed E-state index contributed by atoms with van der Waals surface area (Å²) in [5.74, 6) is 0.329. The summed E-state index contributed by atoms with van der Waals surface area (Å²) in [7, 11) is 0. The maximum Gasteiger partial charge on any atom is 0.247 e. The van der Waals surface area contributed by atoms with E-state index in [9.17, 15) is 9.59 Å². The second-order valence-corrected chi connectivity index (χ2v) is 8.28. The molecule has 0 saturated carbocycles. The van der Waals surface area contributed by atoms with Crippen LogP contribution in [0.5, 0.6) is 0 Å². The van der Waals surface area contributed by atoms with E-state index in [-0.39, 0.29) is 11.8 Å². The molecule has 2 amide bonds. The Labute approximate surface area is 161 Å². The summed E-state index contributed by atoms with van der Waals surface area (Å²) in [6.45, 7) is 2.57. The zero-order valence-corrected chi connectivity index (χ0v) is 16.5. The van der Waals surface area contributed by atoms with Crippen LogP contribution in [0, 0.1) is 6.92 Å². The van der Waals surface area contributed by atoms with Gasteiger partial charge in [0.2, 0.25) is 11.8 Å². The van der Waals surface area contributed by atoms with Crippen LogP contribution < -0.4 is 5.32 Å². The minimum atomic E-state index is -0.393. The average molecular weight is 391 g/mol. The summed E-state index contributed by atoms with van der Waals surface area (Å²) in [5.41, 5.74) is 1.63. The molecule has 6 nitrogen and oxygen atoms in total. The second kappa shape index (κ2) is 8.64. The molecule has 3 rings (SSSR count). The lowest BCUT2D eigenvalue weighted by Gasteiger charge is -2.34. The molecular weight excluding hydrogens is 368 g/mol. The molecule has 1 aliphatic rings. The first kappa shape index (κ1) is 18.8. The fourth-order valence-electron chi connectivity index (χ4n) is 3.08. The van der Waals surface area contributed by atoms with Gasteiger partial charge in [-0.2, -0.15) is 11.8 Å². The van der Waals surface area contributed by atoms with Crippen LogP contribution in [0.1, 0.15) is 24.3 Å². The van der Waals surface area contributed by atoms with Gasteiger partial charge in [-0.1, -0.05) is 23.5 Å². The van der Waals surface area contributed by atoms with Gasteiger partial charge in [0.15, 0.2) is 0 Å². The lowest BCUT2D eigenvalue weighted by Crippen LogP contribution is -2.50. The van der Waals surface area contributed by atoms with Gasteiger partial charge in [0.05, 0.1) is 5.75 Å². The van der Waals surface area contributed by atoms with Gasteiger partial charge in [0.1, 0.15) is 16.1 Å². The quantitative estimate of drug-likeness (QED) is 0.849. The molecule has 1 saturated heterocycles. The van der Waals surface area contributed by atoms with Crippen molar-refractivity contribution in [1.82, 2.24) is 15.1 Å². The van der Waals surface area contributed by atoms with Gasteiger partial charge in [-0.3, -0.25) is 9.59 Å². The number of thioether (sulfide) groups is 1. The number of carbonyl (C=O) groups excluding carboxylic acids is 2. The van der Waals surface area contributed by atoms with Gasteiger partial charge in [0.25, 0.3) is 0 Å². The number of nitrogens with one attached hydrogen (secondary N) is 1. The Balaban J connectivity index is 1.73. The van der Waals surface area contributed by atoms with Crippen molar-refractivity contribution in [3.63, 3.8) is 0 Å². The summed E-state index contributed by atoms with van der Waals surface area (Å²) in [6.07, 6.45) is 4.53. The van der Waals surface area contributed by atoms with Crippen molar-refractivity contribution in [2.75, 3.05) is 23.9 Å². The lowest BCUT2D eigenvalue weighted by atomic mass is 10.0. The molecule has 1 aromatic heterocycles. The predicted octanol–water partition coefficient (Wildman–Crippen LogP) is 3.20. The zero-order valence-electron chi connectivity index (χ0n) is 14.9. The van der Waals surface area contributed by atoms with Crippen LogP contribution in [0.2, 0.25) is 0 Å². The van der Waals surface area contributed by atoms with E-state index in [0.29, 0.717) is 24.4 Å². The number of anilines is 1. The van der Waals surface area contributed by atoms with Crippen LogP contribution in [-0.2, 0) is 9.59 Å². The molecule has 1 aliphatic heterocycles. The van der Waals surface area contributed by atoms with Crippen LogP contribution in [0.4, 0.5) is 5.69 Å². The number of benzene rings is 1. The number of hydrogen-bond acceptors (Lipinski definition) is 6. The van der Waals surface area contributed by atoms with Gasteiger partial charge < -0.3 is 10.2 Å². The summed E-state index contributed by atoms with van der Waals surface area (Å²) in [4.78, 5) is 26.8. The van der Waals surface area contributed by atoms with E-state index in [1.165, 1.54) is 23.1 Å². The highest BCUT2D eigenvalue weighted by Gasteiger charge is 2.31. The molecule has 1 fully saturated rings. The number of aryl methyl sites for hydroxylation is 1. The van der Waals surface area contributed by atoms with E-state index >= 15 is 0 Å². The highest BCUT2D eigenvalue weighted by Crippen LogP contribution is 2.26. The molecule has 2 aromatic rings.